The van der Waals surface area contributed by atoms with Crippen molar-refractivity contribution in [2.24, 2.45) is 0 Å². The predicted octanol–water partition coefficient (Wildman–Crippen LogP) is 2.08. The van der Waals surface area contributed by atoms with E-state index in [4.69, 9.17) is 4.74 Å². The van der Waals surface area contributed by atoms with Gasteiger partial charge in [-0.15, -0.1) is 0 Å². The summed E-state index contributed by atoms with van der Waals surface area (Å²) in [7, 11) is 0. The Morgan fingerprint density at radius 1 is 1.13 bits per heavy atom. The molecule has 2 aromatic carbocycles. The summed E-state index contributed by atoms with van der Waals surface area (Å²) in [6.07, 6.45) is -0.982. The summed E-state index contributed by atoms with van der Waals surface area (Å²) < 4.78 is 5.19. The zero-order valence-electron chi connectivity index (χ0n) is 15.9. The monoisotopic (exact) mass is 411 g/mol. The number of nitro benzene ring substituents is 1. The van der Waals surface area contributed by atoms with Crippen molar-refractivity contribution in [3.63, 3.8) is 0 Å². The van der Waals surface area contributed by atoms with Crippen molar-refractivity contribution in [1.29, 1.82) is 0 Å². The van der Waals surface area contributed by atoms with Crippen LogP contribution >= 0.6 is 0 Å². The Morgan fingerprint density at radius 3 is 2.43 bits per heavy atom. The van der Waals surface area contributed by atoms with E-state index in [1.165, 1.54) is 30.3 Å². The summed E-state index contributed by atoms with van der Waals surface area (Å²) in [5.41, 5.74) is 0.692. The first-order valence-electron chi connectivity index (χ1n) is 9.01. The number of para-hydroxylation sites is 1. The molecule has 2 amide bonds. The van der Waals surface area contributed by atoms with Crippen LogP contribution in [-0.4, -0.2) is 41.1 Å². The molecule has 154 valence electrons. The van der Waals surface area contributed by atoms with Gasteiger partial charge in [0.1, 0.15) is 6.54 Å². The fraction of sp³-hybridized carbons (Fsp3) is 0.200. The van der Waals surface area contributed by atoms with E-state index in [1.54, 1.807) is 25.1 Å². The number of ether oxygens (including phenoxy) is 1. The molecule has 30 heavy (non-hydrogen) atoms. The van der Waals surface area contributed by atoms with Crippen LogP contribution in [0.3, 0.4) is 0 Å². The molecule has 0 fully saturated rings. The van der Waals surface area contributed by atoms with Gasteiger partial charge < -0.3 is 10.1 Å². The van der Waals surface area contributed by atoms with E-state index in [1.807, 2.05) is 0 Å². The molecule has 1 aliphatic heterocycles. The van der Waals surface area contributed by atoms with Gasteiger partial charge in [0.15, 0.2) is 6.10 Å². The Morgan fingerprint density at radius 2 is 1.80 bits per heavy atom. The molecule has 0 spiro atoms. The third-order valence-corrected chi connectivity index (χ3v) is 4.45. The number of Topliss-reactive ketones (excluding diaryl/α,β-unsaturated/α-hetero) is 1. The van der Waals surface area contributed by atoms with Crippen LogP contribution in [0, 0.1) is 10.1 Å². The minimum Gasteiger partial charge on any atom is -0.451 e. The van der Waals surface area contributed by atoms with E-state index in [0.29, 0.717) is 11.4 Å². The number of carbonyl (C=O) groups excluding carboxylic acids is 4. The quantitative estimate of drug-likeness (QED) is 0.319. The summed E-state index contributed by atoms with van der Waals surface area (Å²) in [6.45, 7) is 1.12. The maximum Gasteiger partial charge on any atom is 0.326 e. The highest BCUT2D eigenvalue weighted by molar-refractivity contribution is 6.52. The molecule has 1 aliphatic rings. The summed E-state index contributed by atoms with van der Waals surface area (Å²) >= 11 is 0. The SMILES string of the molecule is CCC(OC(=O)CN1C(=O)C(=O)c2ccccc21)C(=O)Nc1ccc([N+](=O)[O-])cc1. The highest BCUT2D eigenvalue weighted by Gasteiger charge is 2.37. The molecule has 10 heteroatoms. The number of nitrogens with zero attached hydrogens (tertiary/aromatic N) is 2. The average molecular weight is 411 g/mol. The second-order valence-electron chi connectivity index (χ2n) is 6.42. The van der Waals surface area contributed by atoms with Gasteiger partial charge in [-0.05, 0) is 30.7 Å². The molecule has 0 radical (unpaired) electrons. The van der Waals surface area contributed by atoms with Gasteiger partial charge >= 0.3 is 5.97 Å². The zero-order valence-corrected chi connectivity index (χ0v) is 15.9. The van der Waals surface area contributed by atoms with Gasteiger partial charge in [-0.25, -0.2) is 0 Å². The summed E-state index contributed by atoms with van der Waals surface area (Å²) in [4.78, 5) is 60.0. The summed E-state index contributed by atoms with van der Waals surface area (Å²) in [5.74, 6) is -3.01. The second-order valence-corrected chi connectivity index (χ2v) is 6.42. The summed E-state index contributed by atoms with van der Waals surface area (Å²) in [5, 5.41) is 13.2. The first kappa shape index (κ1) is 20.6. The number of benzene rings is 2. The minimum atomic E-state index is -1.14. The molecule has 0 saturated carbocycles. The average Bonchev–Trinajstić information content (AvgIpc) is 2.97. The van der Waals surface area contributed by atoms with E-state index < -0.39 is 41.1 Å². The van der Waals surface area contributed by atoms with Crippen LogP contribution in [0.4, 0.5) is 17.1 Å². The molecule has 0 saturated heterocycles. The lowest BCUT2D eigenvalue weighted by Crippen LogP contribution is -2.39. The Bertz CT molecular complexity index is 1030. The molecule has 2 aromatic rings. The fourth-order valence-electron chi connectivity index (χ4n) is 2.94. The smallest absolute Gasteiger partial charge is 0.326 e. The second kappa shape index (κ2) is 8.52. The lowest BCUT2D eigenvalue weighted by atomic mass is 10.1. The van der Waals surface area contributed by atoms with E-state index in [0.717, 1.165) is 4.90 Å². The zero-order chi connectivity index (χ0) is 21.8. The third-order valence-electron chi connectivity index (χ3n) is 4.45. The van der Waals surface area contributed by atoms with Gasteiger partial charge in [-0.3, -0.25) is 34.2 Å². The molecule has 1 unspecified atom stereocenters. The van der Waals surface area contributed by atoms with Crippen LogP contribution in [0.2, 0.25) is 0 Å². The Kier molecular flexibility index (Phi) is 5.86. The lowest BCUT2D eigenvalue weighted by molar-refractivity contribution is -0.384. The number of nitro groups is 1. The van der Waals surface area contributed by atoms with Gasteiger partial charge in [0.05, 0.1) is 16.2 Å². The Hall–Kier alpha value is -4.08. The molecule has 1 atom stereocenters. The third kappa shape index (κ3) is 4.17. The fourth-order valence-corrected chi connectivity index (χ4v) is 2.94. The first-order chi connectivity index (χ1) is 14.3. The molecule has 10 nitrogen and oxygen atoms in total. The molecule has 1 heterocycles. The standard InChI is InChI=1S/C20H17N3O7/c1-2-16(19(26)21-12-7-9-13(10-8-12)23(28)29)30-17(24)11-22-15-6-4-3-5-14(15)18(25)20(22)27/h3-10,16H,2,11H2,1H3,(H,21,26). The molecule has 0 aliphatic carbocycles. The molecule has 3 rings (SSSR count). The highest BCUT2D eigenvalue weighted by Crippen LogP contribution is 2.28. The number of hydrogen-bond acceptors (Lipinski definition) is 7. The van der Waals surface area contributed by atoms with Crippen molar-refractivity contribution >= 4 is 40.6 Å². The van der Waals surface area contributed by atoms with Gasteiger partial charge in [0, 0.05) is 17.8 Å². The van der Waals surface area contributed by atoms with Crippen LogP contribution in [0.15, 0.2) is 48.5 Å². The van der Waals surface area contributed by atoms with Crippen molar-refractivity contribution in [3.8, 4) is 0 Å². The number of hydrogen-bond donors (Lipinski definition) is 1. The molecular weight excluding hydrogens is 394 g/mol. The van der Waals surface area contributed by atoms with E-state index in [-0.39, 0.29) is 17.7 Å². The maximum absolute atomic E-state index is 12.4. The normalized spacial score (nSPS) is 13.6. The van der Waals surface area contributed by atoms with Crippen molar-refractivity contribution in [1.82, 2.24) is 0 Å². The highest BCUT2D eigenvalue weighted by atomic mass is 16.6. The molecule has 0 aromatic heterocycles. The van der Waals surface area contributed by atoms with Crippen molar-refractivity contribution in [2.45, 2.75) is 19.4 Å². The van der Waals surface area contributed by atoms with Crippen LogP contribution in [-0.2, 0) is 19.1 Å². The molecular formula is C20H17N3O7. The van der Waals surface area contributed by atoms with Crippen molar-refractivity contribution < 1.29 is 28.8 Å². The van der Waals surface area contributed by atoms with Crippen LogP contribution in [0.5, 0.6) is 0 Å². The van der Waals surface area contributed by atoms with Crippen molar-refractivity contribution in [3.05, 3.63) is 64.2 Å². The predicted molar refractivity (Wildman–Crippen MR) is 105 cm³/mol. The Balaban J connectivity index is 1.63. The first-order valence-corrected chi connectivity index (χ1v) is 9.01. The van der Waals surface area contributed by atoms with E-state index >= 15 is 0 Å². The van der Waals surface area contributed by atoms with E-state index in [2.05, 4.69) is 5.32 Å². The van der Waals surface area contributed by atoms with Gasteiger partial charge in [-0.1, -0.05) is 19.1 Å². The number of fused-ring (bicyclic) bond motifs is 1. The summed E-state index contributed by atoms with van der Waals surface area (Å²) in [6, 6.07) is 11.5. The van der Waals surface area contributed by atoms with Gasteiger partial charge in [0.25, 0.3) is 23.3 Å². The molecule has 0 bridgehead atoms. The molecule has 1 N–H and O–H groups in total. The maximum atomic E-state index is 12.4. The van der Waals surface area contributed by atoms with Crippen molar-refractivity contribution in [2.75, 3.05) is 16.8 Å². The number of nitrogens with one attached hydrogen (secondary N) is 1. The van der Waals surface area contributed by atoms with Crippen LogP contribution < -0.4 is 10.2 Å². The number of anilines is 2. The number of amides is 2. The van der Waals surface area contributed by atoms with Gasteiger partial charge in [0.2, 0.25) is 0 Å². The minimum absolute atomic E-state index is 0.128. The van der Waals surface area contributed by atoms with E-state index in [9.17, 15) is 29.3 Å². The lowest BCUT2D eigenvalue weighted by Gasteiger charge is -2.19. The number of esters is 1. The number of non-ortho nitro benzene ring substituents is 1. The Labute approximate surface area is 170 Å². The number of ketones is 1. The van der Waals surface area contributed by atoms with Crippen LogP contribution in [0.1, 0.15) is 23.7 Å². The number of carbonyl (C=O) groups is 4. The van der Waals surface area contributed by atoms with Gasteiger partial charge in [-0.2, -0.15) is 0 Å². The largest absolute Gasteiger partial charge is 0.451 e. The van der Waals surface area contributed by atoms with Crippen LogP contribution in [0.25, 0.3) is 0 Å². The number of rotatable bonds is 7. The topological polar surface area (TPSA) is 136 Å².